The van der Waals surface area contributed by atoms with Crippen molar-refractivity contribution in [3.63, 3.8) is 0 Å². The van der Waals surface area contributed by atoms with Gasteiger partial charge in [-0.25, -0.2) is 0 Å². The zero-order valence-electron chi connectivity index (χ0n) is 32.8. The van der Waals surface area contributed by atoms with E-state index in [1.807, 2.05) is 0 Å². The van der Waals surface area contributed by atoms with Crippen molar-refractivity contribution >= 4 is 49.8 Å². The molecule has 0 radical (unpaired) electrons. The van der Waals surface area contributed by atoms with Crippen molar-refractivity contribution in [2.24, 2.45) is 17.8 Å². The van der Waals surface area contributed by atoms with E-state index >= 15 is 0 Å². The molecule has 2 heteroatoms. The minimum absolute atomic E-state index is 0.0640. The van der Waals surface area contributed by atoms with E-state index in [2.05, 4.69) is 177 Å². The third-order valence-corrected chi connectivity index (χ3v) is 13.8. The van der Waals surface area contributed by atoms with Crippen molar-refractivity contribution in [1.82, 2.24) is 0 Å². The van der Waals surface area contributed by atoms with Gasteiger partial charge in [-0.15, -0.1) is 0 Å². The molecule has 0 aliphatic heterocycles. The predicted octanol–water partition coefficient (Wildman–Crippen LogP) is 15.3. The number of nitrogens with zero attached hydrogens (tertiary/aromatic N) is 1. The smallest absolute Gasteiger partial charge is 0.137 e. The first kappa shape index (κ1) is 33.7. The Morgan fingerprint density at radius 3 is 1.88 bits per heavy atom. The summed E-state index contributed by atoms with van der Waals surface area (Å²) in [5, 5.41) is 4.83. The van der Waals surface area contributed by atoms with E-state index in [1.165, 1.54) is 77.1 Å². The maximum absolute atomic E-state index is 6.69. The zero-order valence-corrected chi connectivity index (χ0v) is 32.8. The predicted molar refractivity (Wildman–Crippen MR) is 235 cm³/mol. The van der Waals surface area contributed by atoms with Crippen LogP contribution in [0.15, 0.2) is 156 Å². The first-order valence-corrected chi connectivity index (χ1v) is 20.8. The Labute approximate surface area is 330 Å². The highest BCUT2D eigenvalue weighted by Crippen LogP contribution is 2.62. The lowest BCUT2D eigenvalue weighted by Gasteiger charge is -2.57. The fourth-order valence-electron chi connectivity index (χ4n) is 11.5. The second kappa shape index (κ2) is 12.7. The van der Waals surface area contributed by atoms with Gasteiger partial charge in [-0.3, -0.25) is 0 Å². The molecule has 4 aliphatic carbocycles. The highest BCUT2D eigenvalue weighted by molar-refractivity contribution is 6.14. The van der Waals surface area contributed by atoms with Crippen molar-refractivity contribution in [2.45, 2.75) is 70.1 Å². The van der Waals surface area contributed by atoms with Crippen LogP contribution in [-0.2, 0) is 10.8 Å². The number of anilines is 3. The number of hydrogen-bond donors (Lipinski definition) is 0. The summed E-state index contributed by atoms with van der Waals surface area (Å²) in [4.78, 5) is 2.42. The number of furan rings is 1. The molecule has 4 bridgehead atoms. The van der Waals surface area contributed by atoms with E-state index < -0.39 is 0 Å². The van der Waals surface area contributed by atoms with Crippen LogP contribution in [0.5, 0.6) is 0 Å². The molecule has 7 aromatic carbocycles. The Morgan fingerprint density at radius 2 is 1.16 bits per heavy atom. The van der Waals surface area contributed by atoms with Gasteiger partial charge < -0.3 is 9.32 Å². The molecule has 8 aromatic rings. The average molecular weight is 728 g/mol. The van der Waals surface area contributed by atoms with Gasteiger partial charge in [0, 0.05) is 16.8 Å². The van der Waals surface area contributed by atoms with Crippen LogP contribution in [0.25, 0.3) is 55.0 Å². The van der Waals surface area contributed by atoms with Gasteiger partial charge in [0.2, 0.25) is 0 Å². The van der Waals surface area contributed by atoms with Gasteiger partial charge >= 0.3 is 0 Å². The maximum atomic E-state index is 6.69. The molecule has 56 heavy (non-hydrogen) atoms. The third kappa shape index (κ3) is 5.60. The average Bonchev–Trinajstić information content (AvgIpc) is 3.59. The summed E-state index contributed by atoms with van der Waals surface area (Å²) < 4.78 is 6.69. The van der Waals surface area contributed by atoms with Crippen molar-refractivity contribution in [2.75, 3.05) is 4.90 Å². The fourth-order valence-corrected chi connectivity index (χ4v) is 11.5. The molecule has 4 fully saturated rings. The van der Waals surface area contributed by atoms with E-state index in [9.17, 15) is 0 Å². The molecule has 0 spiro atoms. The largest absolute Gasteiger partial charge is 0.456 e. The lowest BCUT2D eigenvalue weighted by atomic mass is 9.47. The van der Waals surface area contributed by atoms with E-state index in [1.54, 1.807) is 5.56 Å². The molecule has 0 unspecified atom stereocenters. The number of fused-ring (bicyclic) bond motifs is 4. The summed E-state index contributed by atoms with van der Waals surface area (Å²) >= 11 is 0. The molecule has 4 aliphatic rings. The monoisotopic (exact) mass is 727 g/mol. The van der Waals surface area contributed by atoms with E-state index in [0.717, 1.165) is 56.8 Å². The van der Waals surface area contributed by atoms with Crippen LogP contribution in [0.3, 0.4) is 0 Å². The van der Waals surface area contributed by atoms with Gasteiger partial charge in [0.05, 0.1) is 11.1 Å². The molecule has 1 aromatic heterocycles. The molecule has 1 heterocycles. The molecule has 0 N–H and O–H groups in total. The van der Waals surface area contributed by atoms with Gasteiger partial charge in [0.25, 0.3) is 0 Å². The Balaban J connectivity index is 1.05. The summed E-state index contributed by atoms with van der Waals surface area (Å²) in [5.41, 5.74) is 13.6. The van der Waals surface area contributed by atoms with Crippen molar-refractivity contribution in [3.8, 4) is 22.3 Å². The van der Waals surface area contributed by atoms with Crippen molar-refractivity contribution < 1.29 is 4.42 Å². The van der Waals surface area contributed by atoms with Crippen LogP contribution < -0.4 is 4.90 Å². The van der Waals surface area contributed by atoms with Crippen molar-refractivity contribution in [1.29, 1.82) is 0 Å². The molecular formula is C54H49NO. The quantitative estimate of drug-likeness (QED) is 0.170. The fraction of sp³-hybridized carbons (Fsp3) is 0.259. The van der Waals surface area contributed by atoms with Crippen LogP contribution in [-0.4, -0.2) is 0 Å². The molecule has 2 nitrogen and oxygen atoms in total. The maximum Gasteiger partial charge on any atom is 0.137 e. The normalized spacial score (nSPS) is 21.7. The number of benzene rings is 7. The summed E-state index contributed by atoms with van der Waals surface area (Å²) in [6.45, 7) is 6.84. The number of rotatable bonds is 6. The SMILES string of the molecule is CC(C)(C)c1ccc(N(c2ccc(-c3ccc4ccccc4c3)cc2)c2cccc3oc4ccc(-c5ccccc5C56CC7CC(CC(C7)C5)C6)cc4c23)cc1. The summed E-state index contributed by atoms with van der Waals surface area (Å²) in [6, 6.07) is 56.4. The Kier molecular flexibility index (Phi) is 7.65. The van der Waals surface area contributed by atoms with Gasteiger partial charge in [-0.1, -0.05) is 118 Å². The lowest BCUT2D eigenvalue weighted by molar-refractivity contribution is -0.00492. The van der Waals surface area contributed by atoms with Crippen LogP contribution in [0, 0.1) is 17.8 Å². The van der Waals surface area contributed by atoms with Crippen LogP contribution in [0.1, 0.15) is 70.4 Å². The first-order valence-electron chi connectivity index (χ1n) is 20.8. The van der Waals surface area contributed by atoms with Gasteiger partial charge in [0.1, 0.15) is 11.2 Å². The summed E-state index contributed by atoms with van der Waals surface area (Å²) in [6.07, 6.45) is 8.45. The highest BCUT2D eigenvalue weighted by Gasteiger charge is 2.52. The highest BCUT2D eigenvalue weighted by atomic mass is 16.3. The minimum Gasteiger partial charge on any atom is -0.456 e. The van der Waals surface area contributed by atoms with Gasteiger partial charge in [0.15, 0.2) is 0 Å². The van der Waals surface area contributed by atoms with Gasteiger partial charge in [-0.2, -0.15) is 0 Å². The summed E-state index contributed by atoms with van der Waals surface area (Å²) in [5.74, 6) is 2.71. The lowest BCUT2D eigenvalue weighted by Crippen LogP contribution is -2.48. The van der Waals surface area contributed by atoms with E-state index in [4.69, 9.17) is 4.42 Å². The minimum atomic E-state index is 0.0640. The molecule has 4 saturated carbocycles. The number of hydrogen-bond acceptors (Lipinski definition) is 2. The molecule has 0 atom stereocenters. The standard InChI is InChI=1S/C54H49NO/c1-53(2,3)43-20-24-45(25-21-43)55(44-22-17-39(18-23-44)41-16-15-38-9-4-5-10-40(38)30-41)49-13-8-14-51-52(49)47-31-42(19-26-50(47)56-51)46-11-6-7-12-48(46)54-32-35-27-36(33-54)29-37(28-35)34-54/h4-26,30-31,35-37H,27-29,32-34H2,1-3H3. The third-order valence-electron chi connectivity index (χ3n) is 13.8. The second-order valence-electron chi connectivity index (χ2n) is 18.4. The second-order valence-corrected chi connectivity index (χ2v) is 18.4. The van der Waals surface area contributed by atoms with Gasteiger partial charge in [-0.05, 0) is 166 Å². The molecule has 276 valence electrons. The Morgan fingerprint density at radius 1 is 0.536 bits per heavy atom. The van der Waals surface area contributed by atoms with E-state index in [-0.39, 0.29) is 5.41 Å². The van der Waals surface area contributed by atoms with Crippen LogP contribution >= 0.6 is 0 Å². The van der Waals surface area contributed by atoms with E-state index in [0.29, 0.717) is 5.41 Å². The molecular weight excluding hydrogens is 679 g/mol. The Hall–Kier alpha value is -5.60. The molecule has 0 amide bonds. The van der Waals surface area contributed by atoms with Crippen LogP contribution in [0.2, 0.25) is 0 Å². The van der Waals surface area contributed by atoms with Crippen molar-refractivity contribution in [3.05, 3.63) is 163 Å². The molecule has 0 saturated heterocycles. The zero-order chi connectivity index (χ0) is 37.6. The first-order chi connectivity index (χ1) is 27.3. The topological polar surface area (TPSA) is 16.4 Å². The van der Waals surface area contributed by atoms with Crippen LogP contribution in [0.4, 0.5) is 17.1 Å². The summed E-state index contributed by atoms with van der Waals surface area (Å²) in [7, 11) is 0. The molecule has 12 rings (SSSR count). The Bertz CT molecular complexity index is 2730.